The summed E-state index contributed by atoms with van der Waals surface area (Å²) in [7, 11) is -3.45. The minimum absolute atomic E-state index is 0.0129. The molecule has 0 radical (unpaired) electrons. The van der Waals surface area contributed by atoms with Gasteiger partial charge in [-0.3, -0.25) is 4.79 Å². The first-order valence-electron chi connectivity index (χ1n) is 9.24. The van der Waals surface area contributed by atoms with Crippen molar-refractivity contribution < 1.29 is 17.9 Å². The molecule has 0 atom stereocenters. The van der Waals surface area contributed by atoms with Crippen molar-refractivity contribution in [3.05, 3.63) is 52.7 Å². The number of amides is 1. The summed E-state index contributed by atoms with van der Waals surface area (Å²) in [6, 6.07) is 12.5. The fourth-order valence-corrected chi connectivity index (χ4v) is 5.25. The van der Waals surface area contributed by atoms with Crippen LogP contribution >= 0.6 is 11.3 Å². The number of ether oxygens (including phenoxy) is 1. The van der Waals surface area contributed by atoms with Crippen molar-refractivity contribution in [1.82, 2.24) is 4.90 Å². The van der Waals surface area contributed by atoms with Crippen molar-refractivity contribution in [3.63, 3.8) is 0 Å². The van der Waals surface area contributed by atoms with E-state index in [-0.39, 0.29) is 29.0 Å². The number of hydrogen-bond acceptors (Lipinski definition) is 5. The monoisotopic (exact) mass is 407 g/mol. The molecule has 2 heterocycles. The van der Waals surface area contributed by atoms with Gasteiger partial charge in [-0.25, -0.2) is 8.42 Å². The van der Waals surface area contributed by atoms with Crippen LogP contribution in [0.4, 0.5) is 0 Å². The Labute approximate surface area is 164 Å². The second-order valence-corrected chi connectivity index (χ2v) is 9.78. The van der Waals surface area contributed by atoms with Crippen LogP contribution in [0.1, 0.15) is 24.1 Å². The van der Waals surface area contributed by atoms with Gasteiger partial charge < -0.3 is 9.64 Å². The van der Waals surface area contributed by atoms with Gasteiger partial charge in [-0.1, -0.05) is 24.3 Å². The van der Waals surface area contributed by atoms with Gasteiger partial charge in [0.05, 0.1) is 10.6 Å². The minimum Gasteiger partial charge on any atom is -0.381 e. The third-order valence-electron chi connectivity index (χ3n) is 4.82. The van der Waals surface area contributed by atoms with Gasteiger partial charge in [-0.15, -0.1) is 11.3 Å². The van der Waals surface area contributed by atoms with Crippen LogP contribution in [0.3, 0.4) is 0 Å². The standard InChI is InChI=1S/C20H25NO4S2/c22-20(11-16-27(23,24)19-6-2-1-3-7-19)21(17-9-13-25-14-10-17)12-8-18-5-4-15-26-18/h1-7,15,17H,8-14,16H2. The number of nitrogens with zero attached hydrogens (tertiary/aromatic N) is 1. The van der Waals surface area contributed by atoms with Crippen LogP contribution in [-0.4, -0.2) is 50.8 Å². The Morgan fingerprint density at radius 1 is 1.11 bits per heavy atom. The Hall–Kier alpha value is -1.70. The Morgan fingerprint density at radius 2 is 1.85 bits per heavy atom. The van der Waals surface area contributed by atoms with Gasteiger partial charge in [0.1, 0.15) is 0 Å². The third kappa shape index (κ3) is 5.64. The SMILES string of the molecule is O=C(CCS(=O)(=O)c1ccccc1)N(CCc1cccs1)C1CCOCC1. The van der Waals surface area contributed by atoms with Gasteiger partial charge >= 0.3 is 0 Å². The van der Waals surface area contributed by atoms with E-state index in [2.05, 4.69) is 6.07 Å². The summed E-state index contributed by atoms with van der Waals surface area (Å²) >= 11 is 1.68. The number of benzene rings is 1. The van der Waals surface area contributed by atoms with E-state index in [1.54, 1.807) is 41.7 Å². The number of carbonyl (C=O) groups is 1. The first-order chi connectivity index (χ1) is 13.1. The molecule has 27 heavy (non-hydrogen) atoms. The van der Waals surface area contributed by atoms with Crippen LogP contribution in [0.5, 0.6) is 0 Å². The van der Waals surface area contributed by atoms with Crippen LogP contribution in [0.25, 0.3) is 0 Å². The van der Waals surface area contributed by atoms with E-state index >= 15 is 0 Å². The Balaban J connectivity index is 1.64. The highest BCUT2D eigenvalue weighted by molar-refractivity contribution is 7.91. The van der Waals surface area contributed by atoms with E-state index < -0.39 is 9.84 Å². The van der Waals surface area contributed by atoms with Crippen LogP contribution < -0.4 is 0 Å². The zero-order valence-corrected chi connectivity index (χ0v) is 16.9. The molecule has 1 aliphatic heterocycles. The average Bonchev–Trinajstić information content (AvgIpc) is 3.22. The molecule has 5 nitrogen and oxygen atoms in total. The molecule has 2 aromatic rings. The highest BCUT2D eigenvalue weighted by Crippen LogP contribution is 2.19. The quantitative estimate of drug-likeness (QED) is 0.674. The summed E-state index contributed by atoms with van der Waals surface area (Å²) in [6.07, 6.45) is 2.43. The van der Waals surface area contributed by atoms with E-state index in [9.17, 15) is 13.2 Å². The van der Waals surface area contributed by atoms with E-state index in [0.29, 0.717) is 19.8 Å². The molecular formula is C20H25NO4S2. The maximum absolute atomic E-state index is 12.9. The molecule has 3 rings (SSSR count). The molecule has 0 N–H and O–H groups in total. The molecule has 0 spiro atoms. The molecular weight excluding hydrogens is 382 g/mol. The van der Waals surface area contributed by atoms with Gasteiger partial charge in [-0.05, 0) is 42.8 Å². The average molecular weight is 408 g/mol. The lowest BCUT2D eigenvalue weighted by atomic mass is 10.1. The molecule has 146 valence electrons. The van der Waals surface area contributed by atoms with E-state index in [1.165, 1.54) is 4.88 Å². The summed E-state index contributed by atoms with van der Waals surface area (Å²) in [5, 5.41) is 2.03. The topological polar surface area (TPSA) is 63.7 Å². The second-order valence-electron chi connectivity index (χ2n) is 6.64. The zero-order chi connectivity index (χ0) is 19.1. The largest absolute Gasteiger partial charge is 0.381 e. The molecule has 1 aliphatic rings. The van der Waals surface area contributed by atoms with E-state index in [1.807, 2.05) is 16.3 Å². The Morgan fingerprint density at radius 3 is 2.52 bits per heavy atom. The van der Waals surface area contributed by atoms with Crippen molar-refractivity contribution in [2.45, 2.75) is 36.6 Å². The summed E-state index contributed by atoms with van der Waals surface area (Å²) in [6.45, 7) is 1.92. The fourth-order valence-electron chi connectivity index (χ4n) is 3.30. The normalized spacial score (nSPS) is 15.6. The Kier molecular flexibility index (Phi) is 7.04. The van der Waals surface area contributed by atoms with E-state index in [0.717, 1.165) is 19.3 Å². The van der Waals surface area contributed by atoms with Crippen LogP contribution in [0.2, 0.25) is 0 Å². The molecule has 1 amide bonds. The summed E-state index contributed by atoms with van der Waals surface area (Å²) < 4.78 is 30.4. The van der Waals surface area contributed by atoms with Crippen molar-refractivity contribution in [3.8, 4) is 0 Å². The smallest absolute Gasteiger partial charge is 0.223 e. The Bertz CT molecular complexity index is 813. The predicted octanol–water partition coefficient (Wildman–Crippen LogP) is 3.16. The van der Waals surface area contributed by atoms with Gasteiger partial charge in [0.15, 0.2) is 9.84 Å². The number of thiophene rings is 1. The first kappa shape index (κ1) is 20.0. The zero-order valence-electron chi connectivity index (χ0n) is 15.2. The molecule has 0 saturated carbocycles. The van der Waals surface area contributed by atoms with Crippen LogP contribution in [-0.2, 0) is 25.8 Å². The lowest BCUT2D eigenvalue weighted by molar-refractivity contribution is -0.135. The molecule has 1 aromatic carbocycles. The molecule has 1 saturated heterocycles. The van der Waals surface area contributed by atoms with Gasteiger partial charge in [0.2, 0.25) is 5.91 Å². The minimum atomic E-state index is -3.45. The molecule has 0 unspecified atom stereocenters. The van der Waals surface area contributed by atoms with Gasteiger partial charge in [-0.2, -0.15) is 0 Å². The number of carbonyl (C=O) groups excluding carboxylic acids is 1. The van der Waals surface area contributed by atoms with Crippen molar-refractivity contribution in [2.75, 3.05) is 25.5 Å². The number of rotatable bonds is 8. The highest BCUT2D eigenvalue weighted by atomic mass is 32.2. The molecule has 0 aliphatic carbocycles. The summed E-state index contributed by atoms with van der Waals surface area (Å²) in [4.78, 5) is 16.3. The summed E-state index contributed by atoms with van der Waals surface area (Å²) in [5.41, 5.74) is 0. The highest BCUT2D eigenvalue weighted by Gasteiger charge is 2.27. The molecule has 0 bridgehead atoms. The maximum Gasteiger partial charge on any atom is 0.223 e. The lowest BCUT2D eigenvalue weighted by Gasteiger charge is -2.34. The fraction of sp³-hybridized carbons (Fsp3) is 0.450. The van der Waals surface area contributed by atoms with Crippen molar-refractivity contribution in [1.29, 1.82) is 0 Å². The predicted molar refractivity (Wildman–Crippen MR) is 107 cm³/mol. The maximum atomic E-state index is 12.9. The lowest BCUT2D eigenvalue weighted by Crippen LogP contribution is -2.44. The summed E-state index contributed by atoms with van der Waals surface area (Å²) in [5.74, 6) is -0.243. The van der Waals surface area contributed by atoms with E-state index in [4.69, 9.17) is 4.74 Å². The number of hydrogen-bond donors (Lipinski definition) is 0. The molecule has 1 aromatic heterocycles. The first-order valence-corrected chi connectivity index (χ1v) is 11.8. The van der Waals surface area contributed by atoms with Gasteiger partial charge in [0, 0.05) is 37.1 Å². The number of sulfone groups is 1. The van der Waals surface area contributed by atoms with Crippen molar-refractivity contribution >= 4 is 27.1 Å². The molecule has 7 heteroatoms. The molecule has 1 fully saturated rings. The van der Waals surface area contributed by atoms with Gasteiger partial charge in [0.25, 0.3) is 0 Å². The van der Waals surface area contributed by atoms with Crippen LogP contribution in [0.15, 0.2) is 52.7 Å². The third-order valence-corrected chi connectivity index (χ3v) is 7.49. The van der Waals surface area contributed by atoms with Crippen LogP contribution in [0, 0.1) is 0 Å². The second kappa shape index (κ2) is 9.48. The van der Waals surface area contributed by atoms with Crippen molar-refractivity contribution in [2.24, 2.45) is 0 Å².